The summed E-state index contributed by atoms with van der Waals surface area (Å²) >= 11 is 0. The Balaban J connectivity index is 3.07. The Morgan fingerprint density at radius 2 is 1.79 bits per heavy atom. The van der Waals surface area contributed by atoms with E-state index in [9.17, 15) is 12.8 Å². The molecule has 0 aliphatic carbocycles. The van der Waals surface area contributed by atoms with E-state index in [4.69, 9.17) is 5.73 Å². The number of sulfonamides is 1. The van der Waals surface area contributed by atoms with Crippen molar-refractivity contribution in [3.63, 3.8) is 0 Å². The van der Waals surface area contributed by atoms with Crippen molar-refractivity contribution in [2.75, 3.05) is 40.0 Å². The largest absolute Gasteiger partial charge is 0.398 e. The zero-order valence-corrected chi connectivity index (χ0v) is 12.5. The molecule has 0 radical (unpaired) electrons. The van der Waals surface area contributed by atoms with Crippen molar-refractivity contribution >= 4 is 15.7 Å². The third-order valence-electron chi connectivity index (χ3n) is 2.93. The van der Waals surface area contributed by atoms with Crippen LogP contribution in [0.3, 0.4) is 0 Å². The molecule has 0 aliphatic rings. The normalized spacial score (nSPS) is 12.4. The van der Waals surface area contributed by atoms with Gasteiger partial charge in [0.05, 0.1) is 4.90 Å². The molecule has 1 aromatic carbocycles. The highest BCUT2D eigenvalue weighted by atomic mass is 32.2. The Morgan fingerprint density at radius 3 is 2.26 bits per heavy atom. The first kappa shape index (κ1) is 15.9. The van der Waals surface area contributed by atoms with Crippen LogP contribution in [0.2, 0.25) is 0 Å². The van der Waals surface area contributed by atoms with E-state index in [1.807, 2.05) is 19.0 Å². The molecule has 0 saturated heterocycles. The number of hydrogen-bond acceptors (Lipinski definition) is 4. The fraction of sp³-hybridized carbons (Fsp3) is 0.500. The lowest BCUT2D eigenvalue weighted by molar-refractivity contribution is 0.358. The maximum atomic E-state index is 13.6. The van der Waals surface area contributed by atoms with Gasteiger partial charge in [-0.25, -0.2) is 12.8 Å². The highest BCUT2D eigenvalue weighted by molar-refractivity contribution is 7.89. The van der Waals surface area contributed by atoms with Crippen molar-refractivity contribution in [2.45, 2.75) is 11.8 Å². The Kier molecular flexibility index (Phi) is 4.89. The van der Waals surface area contributed by atoms with Gasteiger partial charge in [-0.2, -0.15) is 4.31 Å². The van der Waals surface area contributed by atoms with Gasteiger partial charge in [0.15, 0.2) is 0 Å². The van der Waals surface area contributed by atoms with Crippen LogP contribution in [0.25, 0.3) is 0 Å². The van der Waals surface area contributed by atoms with Crippen LogP contribution in [0, 0.1) is 12.7 Å². The summed E-state index contributed by atoms with van der Waals surface area (Å²) in [5, 5.41) is 0. The summed E-state index contributed by atoms with van der Waals surface area (Å²) in [7, 11) is 1.46. The Morgan fingerprint density at radius 1 is 1.21 bits per heavy atom. The molecule has 0 heterocycles. The molecule has 0 amide bonds. The summed E-state index contributed by atoms with van der Waals surface area (Å²) in [5.74, 6) is -0.611. The van der Waals surface area contributed by atoms with Gasteiger partial charge in [0.1, 0.15) is 5.82 Å². The minimum atomic E-state index is -3.71. The van der Waals surface area contributed by atoms with E-state index in [-0.39, 0.29) is 16.1 Å². The third-order valence-corrected chi connectivity index (χ3v) is 4.76. The topological polar surface area (TPSA) is 66.6 Å². The second-order valence-corrected chi connectivity index (χ2v) is 6.79. The Hall–Kier alpha value is -1.18. The number of nitrogens with zero attached hydrogens (tertiary/aromatic N) is 2. The predicted octanol–water partition coefficient (Wildman–Crippen LogP) is 0.898. The SMILES string of the molecule is Cc1c(N)cc(S(=O)(=O)N(C)CCN(C)C)cc1F. The van der Waals surface area contributed by atoms with Crippen LogP contribution in [0.15, 0.2) is 17.0 Å². The van der Waals surface area contributed by atoms with Gasteiger partial charge in [-0.05, 0) is 33.2 Å². The zero-order valence-electron chi connectivity index (χ0n) is 11.6. The minimum Gasteiger partial charge on any atom is -0.398 e. The van der Waals surface area contributed by atoms with Gasteiger partial charge in [-0.1, -0.05) is 0 Å². The molecule has 0 bridgehead atoms. The molecule has 108 valence electrons. The molecular weight excluding hydrogens is 269 g/mol. The summed E-state index contributed by atoms with van der Waals surface area (Å²) in [6.07, 6.45) is 0. The summed E-state index contributed by atoms with van der Waals surface area (Å²) in [4.78, 5) is 1.75. The van der Waals surface area contributed by atoms with Gasteiger partial charge < -0.3 is 10.6 Å². The number of rotatable bonds is 5. The van der Waals surface area contributed by atoms with Crippen molar-refractivity contribution in [1.29, 1.82) is 0 Å². The van der Waals surface area contributed by atoms with Crippen LogP contribution < -0.4 is 5.73 Å². The first-order chi connectivity index (χ1) is 8.66. The third kappa shape index (κ3) is 3.65. The van der Waals surface area contributed by atoms with E-state index in [2.05, 4.69) is 0 Å². The van der Waals surface area contributed by atoms with Crippen LogP contribution >= 0.6 is 0 Å². The number of likely N-dealkylation sites (N-methyl/N-ethyl adjacent to an activating group) is 2. The van der Waals surface area contributed by atoms with Gasteiger partial charge in [0.2, 0.25) is 10.0 Å². The lowest BCUT2D eigenvalue weighted by Crippen LogP contribution is -2.33. The average Bonchev–Trinajstić information content (AvgIpc) is 2.31. The van der Waals surface area contributed by atoms with Gasteiger partial charge in [0.25, 0.3) is 0 Å². The molecule has 0 saturated carbocycles. The monoisotopic (exact) mass is 289 g/mol. The summed E-state index contributed by atoms with van der Waals surface area (Å²) in [6.45, 7) is 2.42. The second-order valence-electron chi connectivity index (χ2n) is 4.75. The summed E-state index contributed by atoms with van der Waals surface area (Å²) in [5.41, 5.74) is 6.01. The lowest BCUT2D eigenvalue weighted by Gasteiger charge is -2.20. The molecule has 0 aliphatic heterocycles. The van der Waals surface area contributed by atoms with Crippen LogP contribution in [0.4, 0.5) is 10.1 Å². The molecule has 19 heavy (non-hydrogen) atoms. The molecule has 0 spiro atoms. The van der Waals surface area contributed by atoms with E-state index >= 15 is 0 Å². The van der Waals surface area contributed by atoms with E-state index in [0.717, 1.165) is 6.07 Å². The molecule has 0 aromatic heterocycles. The maximum Gasteiger partial charge on any atom is 0.243 e. The molecule has 0 unspecified atom stereocenters. The Bertz CT molecular complexity index is 535. The van der Waals surface area contributed by atoms with Crippen molar-refractivity contribution < 1.29 is 12.8 Å². The summed E-state index contributed by atoms with van der Waals surface area (Å²) in [6, 6.07) is 2.30. The van der Waals surface area contributed by atoms with Crippen molar-refractivity contribution in [2.24, 2.45) is 0 Å². The van der Waals surface area contributed by atoms with Crippen LogP contribution in [-0.2, 0) is 10.0 Å². The molecule has 2 N–H and O–H groups in total. The van der Waals surface area contributed by atoms with E-state index in [1.165, 1.54) is 24.3 Å². The van der Waals surface area contributed by atoms with E-state index in [1.54, 1.807) is 0 Å². The van der Waals surface area contributed by atoms with Gasteiger partial charge in [0, 0.05) is 31.4 Å². The predicted molar refractivity (Wildman–Crippen MR) is 73.9 cm³/mol. The van der Waals surface area contributed by atoms with Crippen molar-refractivity contribution in [3.05, 3.63) is 23.5 Å². The molecule has 7 heteroatoms. The molecule has 0 fully saturated rings. The Labute approximate surface area is 113 Å². The number of anilines is 1. The van der Waals surface area contributed by atoms with Crippen LogP contribution in [0.5, 0.6) is 0 Å². The highest BCUT2D eigenvalue weighted by Crippen LogP contribution is 2.22. The van der Waals surface area contributed by atoms with E-state index < -0.39 is 15.8 Å². The van der Waals surface area contributed by atoms with Gasteiger partial charge in [-0.15, -0.1) is 0 Å². The van der Waals surface area contributed by atoms with E-state index in [0.29, 0.717) is 13.1 Å². The maximum absolute atomic E-state index is 13.6. The number of nitrogen functional groups attached to an aromatic ring is 1. The number of halogens is 1. The highest BCUT2D eigenvalue weighted by Gasteiger charge is 2.22. The molecular formula is C12H20FN3O2S. The lowest BCUT2D eigenvalue weighted by atomic mass is 10.2. The first-order valence-corrected chi connectivity index (χ1v) is 7.27. The van der Waals surface area contributed by atoms with Crippen molar-refractivity contribution in [3.8, 4) is 0 Å². The van der Waals surface area contributed by atoms with Gasteiger partial charge >= 0.3 is 0 Å². The first-order valence-electron chi connectivity index (χ1n) is 5.83. The molecule has 1 aromatic rings. The summed E-state index contributed by atoms with van der Waals surface area (Å²) < 4.78 is 39.3. The van der Waals surface area contributed by atoms with Crippen molar-refractivity contribution in [1.82, 2.24) is 9.21 Å². The van der Waals surface area contributed by atoms with Gasteiger partial charge in [-0.3, -0.25) is 0 Å². The molecule has 5 nitrogen and oxygen atoms in total. The minimum absolute atomic E-state index is 0.116. The van der Waals surface area contributed by atoms with Crippen LogP contribution in [0.1, 0.15) is 5.56 Å². The van der Waals surface area contributed by atoms with Crippen LogP contribution in [-0.4, -0.2) is 51.9 Å². The smallest absolute Gasteiger partial charge is 0.243 e. The average molecular weight is 289 g/mol. The zero-order chi connectivity index (χ0) is 14.8. The standard InChI is InChI=1S/C12H20FN3O2S/c1-9-11(13)7-10(8-12(9)14)19(17,18)16(4)6-5-15(2)3/h7-8H,5-6,14H2,1-4H3. The second kappa shape index (κ2) is 5.85. The fourth-order valence-electron chi connectivity index (χ4n) is 1.46. The molecule has 0 atom stereocenters. The molecule has 1 rings (SSSR count). The quantitative estimate of drug-likeness (QED) is 0.818. The number of nitrogens with two attached hydrogens (primary N) is 1. The fourth-order valence-corrected chi connectivity index (χ4v) is 2.67. The number of benzene rings is 1. The number of hydrogen-bond donors (Lipinski definition) is 1.